The lowest BCUT2D eigenvalue weighted by molar-refractivity contribution is -0.134. The smallest absolute Gasteiger partial charge is 0.331 e. The molecule has 0 radical (unpaired) electrons. The summed E-state index contributed by atoms with van der Waals surface area (Å²) in [5, 5.41) is 0.313. The summed E-state index contributed by atoms with van der Waals surface area (Å²) in [5.74, 6) is 0.313. The summed E-state index contributed by atoms with van der Waals surface area (Å²) in [5.41, 5.74) is 0.960. The zero-order chi connectivity index (χ0) is 12.7. The number of carbonyl (C=O) groups is 1. The van der Waals surface area contributed by atoms with Crippen molar-refractivity contribution >= 4 is 23.6 Å². The molecule has 0 heterocycles. The normalized spacial score (nSPS) is 11.6. The Morgan fingerprint density at radius 1 is 1.24 bits per heavy atom. The summed E-state index contributed by atoms with van der Waals surface area (Å²) in [6.45, 7) is 0. The molecule has 0 unspecified atom stereocenters. The van der Waals surface area contributed by atoms with Crippen molar-refractivity contribution in [2.75, 3.05) is 14.2 Å². The number of carbonyl (C=O) groups excluding carboxylic acids is 1. The molecular formula is C13H13ClO3. The van der Waals surface area contributed by atoms with Crippen LogP contribution < -0.4 is 4.74 Å². The summed E-state index contributed by atoms with van der Waals surface area (Å²) in [4.78, 5) is 10.9. The zero-order valence-corrected chi connectivity index (χ0v) is 10.4. The average Bonchev–Trinajstić information content (AvgIpc) is 2.36. The van der Waals surface area contributed by atoms with Gasteiger partial charge in [0.15, 0.2) is 0 Å². The average molecular weight is 253 g/mol. The molecule has 0 aromatic heterocycles. The Labute approximate surface area is 105 Å². The molecule has 0 aliphatic carbocycles. The van der Waals surface area contributed by atoms with Crippen LogP contribution >= 0.6 is 11.6 Å². The Morgan fingerprint density at radius 3 is 2.41 bits per heavy atom. The second-order valence-corrected chi connectivity index (χ2v) is 3.60. The molecule has 0 N–H and O–H groups in total. The minimum atomic E-state index is -0.477. The van der Waals surface area contributed by atoms with Crippen molar-refractivity contribution in [3.63, 3.8) is 0 Å². The third-order valence-electron chi connectivity index (χ3n) is 2.01. The number of esters is 1. The monoisotopic (exact) mass is 252 g/mol. The Hall–Kier alpha value is -1.74. The second kappa shape index (κ2) is 6.76. The van der Waals surface area contributed by atoms with Gasteiger partial charge in [-0.15, -0.1) is 0 Å². The molecule has 1 rings (SSSR count). The van der Waals surface area contributed by atoms with Gasteiger partial charge in [0, 0.05) is 11.1 Å². The summed E-state index contributed by atoms with van der Waals surface area (Å²) >= 11 is 5.81. The van der Waals surface area contributed by atoms with Crippen molar-refractivity contribution in [3.05, 3.63) is 47.0 Å². The van der Waals surface area contributed by atoms with Gasteiger partial charge < -0.3 is 9.47 Å². The van der Waals surface area contributed by atoms with Crippen LogP contribution in [0.3, 0.4) is 0 Å². The van der Waals surface area contributed by atoms with Crippen LogP contribution in [0.25, 0.3) is 6.08 Å². The number of halogens is 1. The minimum Gasteiger partial charge on any atom is -0.497 e. The van der Waals surface area contributed by atoms with Gasteiger partial charge in [-0.2, -0.15) is 0 Å². The van der Waals surface area contributed by atoms with E-state index in [9.17, 15) is 4.79 Å². The maximum Gasteiger partial charge on any atom is 0.331 e. The lowest BCUT2D eigenvalue weighted by Gasteiger charge is -1.98. The van der Waals surface area contributed by atoms with Gasteiger partial charge in [-0.3, -0.25) is 0 Å². The molecular weight excluding hydrogens is 240 g/mol. The van der Waals surface area contributed by atoms with Gasteiger partial charge in [0.05, 0.1) is 14.2 Å². The first-order valence-electron chi connectivity index (χ1n) is 4.93. The molecule has 1 aromatic rings. The molecule has 0 bridgehead atoms. The van der Waals surface area contributed by atoms with Crippen LogP contribution in [0.2, 0.25) is 0 Å². The van der Waals surface area contributed by atoms with Crippen molar-refractivity contribution in [3.8, 4) is 5.75 Å². The lowest BCUT2D eigenvalue weighted by Crippen LogP contribution is -1.94. The molecule has 0 fully saturated rings. The molecule has 0 spiro atoms. The lowest BCUT2D eigenvalue weighted by atomic mass is 10.2. The predicted molar refractivity (Wildman–Crippen MR) is 68.0 cm³/mol. The SMILES string of the molecule is COC(=O)/C=C(Cl)/C=C/c1ccc(OC)cc1. The fourth-order valence-corrected chi connectivity index (χ4v) is 1.26. The van der Waals surface area contributed by atoms with Gasteiger partial charge >= 0.3 is 5.97 Å². The van der Waals surface area contributed by atoms with E-state index in [1.807, 2.05) is 24.3 Å². The largest absolute Gasteiger partial charge is 0.497 e. The summed E-state index contributed by atoms with van der Waals surface area (Å²) in [7, 11) is 2.91. The van der Waals surface area contributed by atoms with E-state index in [4.69, 9.17) is 16.3 Å². The van der Waals surface area contributed by atoms with Crippen molar-refractivity contribution < 1.29 is 14.3 Å². The Morgan fingerprint density at radius 2 is 1.88 bits per heavy atom. The van der Waals surface area contributed by atoms with E-state index in [2.05, 4.69) is 4.74 Å². The number of allylic oxidation sites excluding steroid dienone is 2. The first-order chi connectivity index (χ1) is 8.15. The van der Waals surface area contributed by atoms with Gasteiger partial charge in [-0.05, 0) is 23.8 Å². The molecule has 3 nitrogen and oxygen atoms in total. The molecule has 0 atom stereocenters. The maximum absolute atomic E-state index is 10.9. The first-order valence-corrected chi connectivity index (χ1v) is 5.31. The van der Waals surface area contributed by atoms with E-state index in [0.29, 0.717) is 5.03 Å². The van der Waals surface area contributed by atoms with Crippen molar-refractivity contribution in [2.24, 2.45) is 0 Å². The molecule has 1 aromatic carbocycles. The fourth-order valence-electron chi connectivity index (χ4n) is 1.11. The van der Waals surface area contributed by atoms with Crippen LogP contribution in [0, 0.1) is 0 Å². The third-order valence-corrected chi connectivity index (χ3v) is 2.24. The van der Waals surface area contributed by atoms with Crippen LogP contribution in [0.1, 0.15) is 5.56 Å². The highest BCUT2D eigenvalue weighted by atomic mass is 35.5. The molecule has 0 aliphatic heterocycles. The second-order valence-electron chi connectivity index (χ2n) is 3.16. The Bertz CT molecular complexity index is 432. The third kappa shape index (κ3) is 4.74. The quantitative estimate of drug-likeness (QED) is 0.469. The standard InChI is InChI=1S/C13H13ClO3/c1-16-12-7-4-10(5-8-12)3-6-11(14)9-13(15)17-2/h3-9H,1-2H3/b6-3+,11-9-. The van der Waals surface area contributed by atoms with E-state index < -0.39 is 5.97 Å². The summed E-state index contributed by atoms with van der Waals surface area (Å²) in [6.07, 6.45) is 4.63. The maximum atomic E-state index is 10.9. The van der Waals surface area contributed by atoms with Gasteiger partial charge in [0.1, 0.15) is 5.75 Å². The van der Waals surface area contributed by atoms with Crippen molar-refractivity contribution in [1.82, 2.24) is 0 Å². The highest BCUT2D eigenvalue weighted by Crippen LogP contribution is 2.14. The van der Waals surface area contributed by atoms with Crippen LogP contribution in [0.15, 0.2) is 41.4 Å². The number of benzene rings is 1. The molecule has 0 saturated heterocycles. The predicted octanol–water partition coefficient (Wildman–Crippen LogP) is 3.00. The fraction of sp³-hybridized carbons (Fsp3) is 0.154. The Kier molecular flexibility index (Phi) is 5.30. The molecule has 0 amide bonds. The number of hydrogen-bond donors (Lipinski definition) is 0. The van der Waals surface area contributed by atoms with Gasteiger partial charge in [-0.25, -0.2) is 4.79 Å². The number of methoxy groups -OCH3 is 2. The van der Waals surface area contributed by atoms with Crippen LogP contribution in [0.4, 0.5) is 0 Å². The highest BCUT2D eigenvalue weighted by molar-refractivity contribution is 6.32. The highest BCUT2D eigenvalue weighted by Gasteiger charge is 1.95. The van der Waals surface area contributed by atoms with E-state index in [1.165, 1.54) is 13.2 Å². The summed E-state index contributed by atoms with van der Waals surface area (Å²) in [6, 6.07) is 7.46. The van der Waals surface area contributed by atoms with E-state index >= 15 is 0 Å². The molecule has 4 heteroatoms. The molecule has 0 aliphatic rings. The minimum absolute atomic E-state index is 0.313. The number of hydrogen-bond acceptors (Lipinski definition) is 3. The molecule has 0 saturated carbocycles. The van der Waals surface area contributed by atoms with E-state index in [0.717, 1.165) is 11.3 Å². The van der Waals surface area contributed by atoms with Gasteiger partial charge in [0.25, 0.3) is 0 Å². The van der Waals surface area contributed by atoms with Crippen molar-refractivity contribution in [2.45, 2.75) is 0 Å². The first kappa shape index (κ1) is 13.3. The molecule has 17 heavy (non-hydrogen) atoms. The topological polar surface area (TPSA) is 35.5 Å². The van der Waals surface area contributed by atoms with Crippen LogP contribution in [-0.4, -0.2) is 20.2 Å². The Balaban J connectivity index is 2.69. The zero-order valence-electron chi connectivity index (χ0n) is 9.64. The number of ether oxygens (including phenoxy) is 2. The van der Waals surface area contributed by atoms with Gasteiger partial charge in [-0.1, -0.05) is 29.8 Å². The van der Waals surface area contributed by atoms with Gasteiger partial charge in [0.2, 0.25) is 0 Å². The van der Waals surface area contributed by atoms with E-state index in [1.54, 1.807) is 19.3 Å². The van der Waals surface area contributed by atoms with Crippen LogP contribution in [-0.2, 0) is 9.53 Å². The number of rotatable bonds is 4. The van der Waals surface area contributed by atoms with Crippen molar-refractivity contribution in [1.29, 1.82) is 0 Å². The van der Waals surface area contributed by atoms with E-state index in [-0.39, 0.29) is 0 Å². The van der Waals surface area contributed by atoms with Crippen LogP contribution in [0.5, 0.6) is 5.75 Å². The molecule has 90 valence electrons. The summed E-state index contributed by atoms with van der Waals surface area (Å²) < 4.78 is 9.49.